The van der Waals surface area contributed by atoms with Crippen LogP contribution in [0.15, 0.2) is 18.2 Å². The molecule has 1 aromatic rings. The molecule has 2 rings (SSSR count). The van der Waals surface area contributed by atoms with Crippen LogP contribution < -0.4 is 11.3 Å². The molecule has 3 heteroatoms. The quantitative estimate of drug-likeness (QED) is 0.606. The van der Waals surface area contributed by atoms with Crippen LogP contribution in [0, 0.1) is 18.2 Å². The first kappa shape index (κ1) is 11.6. The van der Waals surface area contributed by atoms with Gasteiger partial charge in [-0.05, 0) is 54.9 Å². The number of nitrogens with two attached hydrogens (primary N) is 1. The van der Waals surface area contributed by atoms with Crippen LogP contribution in [0.25, 0.3) is 0 Å². The number of aryl methyl sites for hydroxylation is 1. The molecule has 88 valence electrons. The maximum atomic E-state index is 13.0. The molecule has 0 spiro atoms. The molecule has 0 bridgehead atoms. The van der Waals surface area contributed by atoms with Crippen molar-refractivity contribution in [3.8, 4) is 0 Å². The standard InChI is InChI=1S/C13H19FN2/c1-9-7-11(14)4-3-10(9)8-12(16-15)13(2)5-6-13/h3-4,7,12,16H,5-6,8,15H2,1-2H3. The Labute approximate surface area is 96.0 Å². The molecule has 1 atom stereocenters. The summed E-state index contributed by atoms with van der Waals surface area (Å²) in [5.74, 6) is 5.43. The smallest absolute Gasteiger partial charge is 0.123 e. The fraction of sp³-hybridized carbons (Fsp3) is 0.538. The normalized spacial score (nSPS) is 19.5. The summed E-state index contributed by atoms with van der Waals surface area (Å²) in [7, 11) is 0. The highest BCUT2D eigenvalue weighted by Gasteiger charge is 2.44. The van der Waals surface area contributed by atoms with Gasteiger partial charge in [0.2, 0.25) is 0 Å². The van der Waals surface area contributed by atoms with E-state index in [9.17, 15) is 4.39 Å². The van der Waals surface area contributed by atoms with E-state index < -0.39 is 0 Å². The summed E-state index contributed by atoms with van der Waals surface area (Å²) in [6.07, 6.45) is 3.32. The van der Waals surface area contributed by atoms with Gasteiger partial charge in [-0.1, -0.05) is 13.0 Å². The average molecular weight is 222 g/mol. The Morgan fingerprint density at radius 1 is 1.50 bits per heavy atom. The number of hydrogen-bond donors (Lipinski definition) is 2. The molecule has 2 nitrogen and oxygen atoms in total. The second kappa shape index (κ2) is 4.15. The Hall–Kier alpha value is -0.930. The molecule has 16 heavy (non-hydrogen) atoms. The summed E-state index contributed by atoms with van der Waals surface area (Å²) in [4.78, 5) is 0. The molecular formula is C13H19FN2. The second-order valence-electron chi connectivity index (χ2n) is 5.15. The van der Waals surface area contributed by atoms with Gasteiger partial charge >= 0.3 is 0 Å². The molecule has 1 aromatic carbocycles. The zero-order chi connectivity index (χ0) is 11.8. The Balaban J connectivity index is 2.13. The lowest BCUT2D eigenvalue weighted by atomic mass is 9.91. The van der Waals surface area contributed by atoms with Crippen molar-refractivity contribution >= 4 is 0 Å². The maximum Gasteiger partial charge on any atom is 0.123 e. The maximum absolute atomic E-state index is 13.0. The van der Waals surface area contributed by atoms with E-state index in [2.05, 4.69) is 12.3 Å². The van der Waals surface area contributed by atoms with Crippen LogP contribution in [0.3, 0.4) is 0 Å². The fourth-order valence-electron chi connectivity index (χ4n) is 2.16. The largest absolute Gasteiger partial charge is 0.271 e. The van der Waals surface area contributed by atoms with Gasteiger partial charge in [0.05, 0.1) is 0 Å². The summed E-state index contributed by atoms with van der Waals surface area (Å²) >= 11 is 0. The van der Waals surface area contributed by atoms with E-state index in [1.165, 1.54) is 24.5 Å². The van der Waals surface area contributed by atoms with Gasteiger partial charge in [0.1, 0.15) is 5.82 Å². The van der Waals surface area contributed by atoms with E-state index in [1.54, 1.807) is 6.07 Å². The molecule has 0 aromatic heterocycles. The van der Waals surface area contributed by atoms with Gasteiger partial charge in [0.15, 0.2) is 0 Å². The third kappa shape index (κ3) is 2.25. The summed E-state index contributed by atoms with van der Waals surface area (Å²) in [6, 6.07) is 5.25. The third-order valence-electron chi connectivity index (χ3n) is 3.81. The highest BCUT2D eigenvalue weighted by Crippen LogP contribution is 2.48. The van der Waals surface area contributed by atoms with Crippen LogP contribution in [-0.2, 0) is 6.42 Å². The van der Waals surface area contributed by atoms with Crippen molar-refractivity contribution in [1.82, 2.24) is 5.43 Å². The Morgan fingerprint density at radius 3 is 2.69 bits per heavy atom. The van der Waals surface area contributed by atoms with Crippen LogP contribution in [0.2, 0.25) is 0 Å². The van der Waals surface area contributed by atoms with Crippen molar-refractivity contribution in [2.24, 2.45) is 11.3 Å². The van der Waals surface area contributed by atoms with Crippen LogP contribution in [0.5, 0.6) is 0 Å². The molecule has 1 fully saturated rings. The van der Waals surface area contributed by atoms with Gasteiger partial charge < -0.3 is 0 Å². The van der Waals surface area contributed by atoms with Crippen LogP contribution in [0.4, 0.5) is 4.39 Å². The lowest BCUT2D eigenvalue weighted by Gasteiger charge is -2.23. The summed E-state index contributed by atoms with van der Waals surface area (Å²) in [5.41, 5.74) is 5.41. The summed E-state index contributed by atoms with van der Waals surface area (Å²) in [6.45, 7) is 4.19. The molecule has 3 N–H and O–H groups in total. The number of rotatable bonds is 4. The van der Waals surface area contributed by atoms with Gasteiger partial charge in [0, 0.05) is 6.04 Å². The topological polar surface area (TPSA) is 38.0 Å². The average Bonchev–Trinajstić information content (AvgIpc) is 2.96. The molecule has 1 aliphatic rings. The van der Waals surface area contributed by atoms with Crippen LogP contribution in [0.1, 0.15) is 30.9 Å². The van der Waals surface area contributed by atoms with Gasteiger partial charge in [-0.15, -0.1) is 0 Å². The van der Waals surface area contributed by atoms with Crippen molar-refractivity contribution in [3.05, 3.63) is 35.1 Å². The monoisotopic (exact) mass is 222 g/mol. The molecule has 0 saturated heterocycles. The van der Waals surface area contributed by atoms with E-state index in [0.717, 1.165) is 12.0 Å². The van der Waals surface area contributed by atoms with Crippen molar-refractivity contribution in [3.63, 3.8) is 0 Å². The highest BCUT2D eigenvalue weighted by atomic mass is 19.1. The predicted octanol–water partition coefficient (Wildman–Crippen LogP) is 2.31. The minimum absolute atomic E-state index is 0.170. The van der Waals surface area contributed by atoms with Crippen LogP contribution in [-0.4, -0.2) is 6.04 Å². The minimum Gasteiger partial charge on any atom is -0.271 e. The van der Waals surface area contributed by atoms with Gasteiger partial charge in [-0.2, -0.15) is 0 Å². The van der Waals surface area contributed by atoms with E-state index in [4.69, 9.17) is 5.84 Å². The fourth-order valence-corrected chi connectivity index (χ4v) is 2.16. The van der Waals surface area contributed by atoms with Crippen molar-refractivity contribution in [1.29, 1.82) is 0 Å². The Morgan fingerprint density at radius 2 is 2.19 bits per heavy atom. The van der Waals surface area contributed by atoms with Gasteiger partial charge in [-0.25, -0.2) is 4.39 Å². The van der Waals surface area contributed by atoms with Crippen molar-refractivity contribution < 1.29 is 4.39 Å². The first-order valence-corrected chi connectivity index (χ1v) is 5.76. The Kier molecular flexibility index (Phi) is 3.00. The van der Waals surface area contributed by atoms with Crippen molar-refractivity contribution in [2.75, 3.05) is 0 Å². The first-order valence-electron chi connectivity index (χ1n) is 5.76. The minimum atomic E-state index is -0.170. The first-order chi connectivity index (χ1) is 7.55. The molecule has 0 amide bonds. The second-order valence-corrected chi connectivity index (χ2v) is 5.15. The van der Waals surface area contributed by atoms with Gasteiger partial charge in [-0.3, -0.25) is 11.3 Å². The molecule has 0 aliphatic heterocycles. The predicted molar refractivity (Wildman–Crippen MR) is 63.3 cm³/mol. The molecule has 0 heterocycles. The highest BCUT2D eigenvalue weighted by molar-refractivity contribution is 5.28. The number of nitrogens with one attached hydrogen (secondary N) is 1. The summed E-state index contributed by atoms with van der Waals surface area (Å²) in [5, 5.41) is 0. The van der Waals surface area contributed by atoms with E-state index in [0.29, 0.717) is 5.41 Å². The van der Waals surface area contributed by atoms with Crippen LogP contribution >= 0.6 is 0 Å². The number of benzene rings is 1. The molecule has 0 radical (unpaired) electrons. The molecule has 1 aliphatic carbocycles. The molecule has 1 saturated carbocycles. The van der Waals surface area contributed by atoms with E-state index in [-0.39, 0.29) is 11.9 Å². The molecular weight excluding hydrogens is 203 g/mol. The number of halogens is 1. The van der Waals surface area contributed by atoms with Gasteiger partial charge in [0.25, 0.3) is 0 Å². The van der Waals surface area contributed by atoms with E-state index in [1.807, 2.05) is 13.0 Å². The third-order valence-corrected chi connectivity index (χ3v) is 3.81. The molecule has 1 unspecified atom stereocenters. The summed E-state index contributed by atoms with van der Waals surface area (Å²) < 4.78 is 13.0. The van der Waals surface area contributed by atoms with E-state index >= 15 is 0 Å². The zero-order valence-corrected chi connectivity index (χ0v) is 9.89. The lowest BCUT2D eigenvalue weighted by molar-refractivity contribution is 0.359. The zero-order valence-electron chi connectivity index (χ0n) is 9.89. The number of hydrazine groups is 1. The number of hydrogen-bond acceptors (Lipinski definition) is 2. The van der Waals surface area contributed by atoms with Crippen molar-refractivity contribution in [2.45, 2.75) is 39.2 Å². The SMILES string of the molecule is Cc1cc(F)ccc1CC(NN)C1(C)CC1. The Bertz CT molecular complexity index is 386. The lowest BCUT2D eigenvalue weighted by Crippen LogP contribution is -2.42.